The zero-order valence-electron chi connectivity index (χ0n) is 34.3. The number of hydrogen-bond donors (Lipinski definition) is 1. The van der Waals surface area contributed by atoms with E-state index >= 15 is 0 Å². The molecule has 5 aliphatic heterocycles. The molecule has 1 fully saturated rings. The van der Waals surface area contributed by atoms with Gasteiger partial charge in [0.1, 0.15) is 5.75 Å². The normalized spacial score (nSPS) is 19.2. The number of rotatable bonds is 6. The Balaban J connectivity index is 1.32. The van der Waals surface area contributed by atoms with Crippen LogP contribution >= 0.6 is 0 Å². The van der Waals surface area contributed by atoms with Crippen molar-refractivity contribution < 1.29 is 46.4 Å². The molecule has 0 saturated carbocycles. The molecule has 312 valence electrons. The van der Waals surface area contributed by atoms with E-state index in [2.05, 4.69) is 46.4 Å². The van der Waals surface area contributed by atoms with Gasteiger partial charge in [0, 0.05) is 42.5 Å². The Morgan fingerprint density at radius 1 is 0.729 bits per heavy atom. The van der Waals surface area contributed by atoms with E-state index < -0.39 is 22.1 Å². The third-order valence-electron chi connectivity index (χ3n) is 11.9. The second kappa shape index (κ2) is 15.8. The number of carbonyl (C=O) groups excluding carboxylic acids is 2. The molecule has 0 aromatic heterocycles. The smallest absolute Gasteiger partial charge is 0.341 e. The first-order valence-corrected chi connectivity index (χ1v) is 21.3. The molecule has 2 atom stereocenters. The maximum atomic E-state index is 13.8. The summed E-state index contributed by atoms with van der Waals surface area (Å²) >= 11 is 0. The Hall–Kier alpha value is -5.71. The van der Waals surface area contributed by atoms with Crippen LogP contribution in [0.4, 0.5) is 15.3 Å². The summed E-state index contributed by atoms with van der Waals surface area (Å²) in [6.45, 7) is 1.34. The van der Waals surface area contributed by atoms with E-state index in [-0.39, 0.29) is 25.2 Å². The number of ether oxygens (including phenoxy) is 6. The van der Waals surface area contributed by atoms with Crippen molar-refractivity contribution in [1.82, 2.24) is 19.0 Å². The molecule has 4 aromatic carbocycles. The second-order valence-electron chi connectivity index (χ2n) is 15.3. The number of amides is 4. The predicted octanol–water partition coefficient (Wildman–Crippen LogP) is 6.39. The van der Waals surface area contributed by atoms with Gasteiger partial charge in [-0.3, -0.25) is 9.80 Å². The highest BCUT2D eigenvalue weighted by atomic mass is 32.2. The van der Waals surface area contributed by atoms with Gasteiger partial charge in [0.15, 0.2) is 34.5 Å². The average molecular weight is 828 g/mol. The highest BCUT2D eigenvalue weighted by Crippen LogP contribution is 2.52. The van der Waals surface area contributed by atoms with Gasteiger partial charge >= 0.3 is 12.1 Å². The minimum absolute atomic E-state index is 0.0633. The van der Waals surface area contributed by atoms with Gasteiger partial charge in [-0.05, 0) is 104 Å². The summed E-state index contributed by atoms with van der Waals surface area (Å²) in [6.07, 6.45) is 3.55. The molecule has 15 nitrogen and oxygen atoms in total. The van der Waals surface area contributed by atoms with Gasteiger partial charge < -0.3 is 33.7 Å². The SMILES string of the molecule is COc1cc(NC(=O)N2CCN(S(C)(=O)=O)C2=O)c2cc1Oc1ccc(cc1)C[C@H]1c3cc(c(OC)cc3CCN1C)Oc1c(OC)c(OC)cc3c1[C@H](C2)N(C)CC3. The van der Waals surface area contributed by atoms with E-state index in [9.17, 15) is 18.0 Å². The molecule has 1 saturated heterocycles. The molecule has 6 bridgehead atoms. The summed E-state index contributed by atoms with van der Waals surface area (Å²) in [5.41, 5.74) is 6.34. The third-order valence-corrected chi connectivity index (χ3v) is 13.0. The van der Waals surface area contributed by atoms with Crippen molar-refractivity contribution in [1.29, 1.82) is 0 Å². The number of carbonyl (C=O) groups is 2. The number of nitrogens with one attached hydrogen (secondary N) is 1. The van der Waals surface area contributed by atoms with Crippen LogP contribution < -0.4 is 33.7 Å². The van der Waals surface area contributed by atoms with Crippen LogP contribution in [0.25, 0.3) is 0 Å². The lowest BCUT2D eigenvalue weighted by atomic mass is 9.86. The molecular formula is C43H49N5O10S. The van der Waals surface area contributed by atoms with Crippen molar-refractivity contribution in [2.24, 2.45) is 0 Å². The molecule has 59 heavy (non-hydrogen) atoms. The number of imide groups is 1. The zero-order chi connectivity index (χ0) is 41.7. The quantitative estimate of drug-likeness (QED) is 0.230. The van der Waals surface area contributed by atoms with E-state index in [1.807, 2.05) is 31.3 Å². The second-order valence-corrected chi connectivity index (χ2v) is 17.2. The van der Waals surface area contributed by atoms with Crippen molar-refractivity contribution in [3.63, 3.8) is 0 Å². The minimum atomic E-state index is -3.87. The fourth-order valence-corrected chi connectivity index (χ4v) is 9.45. The van der Waals surface area contributed by atoms with Crippen molar-refractivity contribution in [3.8, 4) is 46.0 Å². The Morgan fingerprint density at radius 2 is 1.37 bits per heavy atom. The summed E-state index contributed by atoms with van der Waals surface area (Å²) in [7, 11) is 6.65. The van der Waals surface area contributed by atoms with Gasteiger partial charge in [-0.15, -0.1) is 0 Å². The van der Waals surface area contributed by atoms with Crippen molar-refractivity contribution in [2.75, 3.05) is 80.3 Å². The fraction of sp³-hybridized carbons (Fsp3) is 0.395. The third kappa shape index (κ3) is 7.44. The first-order valence-electron chi connectivity index (χ1n) is 19.5. The average Bonchev–Trinajstić information content (AvgIpc) is 3.62. The lowest BCUT2D eigenvalue weighted by molar-refractivity contribution is 0.201. The van der Waals surface area contributed by atoms with Crippen LogP contribution in [0, 0.1) is 0 Å². The highest BCUT2D eigenvalue weighted by molar-refractivity contribution is 7.88. The number of urea groups is 2. The first-order chi connectivity index (χ1) is 28.3. The van der Waals surface area contributed by atoms with Crippen LogP contribution in [-0.4, -0.2) is 114 Å². The molecule has 4 aromatic rings. The number of benzene rings is 4. The van der Waals surface area contributed by atoms with Crippen molar-refractivity contribution >= 4 is 27.8 Å². The van der Waals surface area contributed by atoms with E-state index in [4.69, 9.17) is 28.4 Å². The van der Waals surface area contributed by atoms with Crippen molar-refractivity contribution in [3.05, 3.63) is 88.0 Å². The van der Waals surface area contributed by atoms with E-state index in [1.54, 1.807) is 27.4 Å². The summed E-state index contributed by atoms with van der Waals surface area (Å²) in [6, 6.07) is 15.6. The number of nitrogens with zero attached hydrogens (tertiary/aromatic N) is 4. The molecule has 5 heterocycles. The van der Waals surface area contributed by atoms with Crippen LogP contribution in [0.5, 0.6) is 46.0 Å². The van der Waals surface area contributed by atoms with Crippen LogP contribution in [0.1, 0.15) is 45.5 Å². The maximum Gasteiger partial charge on any atom is 0.341 e. The minimum Gasteiger partial charge on any atom is -0.493 e. The van der Waals surface area contributed by atoms with Gasteiger partial charge in [-0.25, -0.2) is 27.2 Å². The number of fused-ring (bicyclic) bond motifs is 2. The summed E-state index contributed by atoms with van der Waals surface area (Å²) in [5.74, 6) is 3.90. The lowest BCUT2D eigenvalue weighted by Crippen LogP contribution is -2.40. The Bertz CT molecular complexity index is 2420. The van der Waals surface area contributed by atoms with Crippen LogP contribution in [0.15, 0.2) is 54.6 Å². The largest absolute Gasteiger partial charge is 0.493 e. The van der Waals surface area contributed by atoms with E-state index in [1.165, 1.54) is 12.7 Å². The molecule has 9 rings (SSSR count). The number of methoxy groups -OCH3 is 4. The van der Waals surface area contributed by atoms with Crippen molar-refractivity contribution in [2.45, 2.75) is 37.8 Å². The van der Waals surface area contributed by atoms with Gasteiger partial charge in [-0.2, -0.15) is 0 Å². The molecule has 0 spiro atoms. The predicted molar refractivity (Wildman–Crippen MR) is 220 cm³/mol. The van der Waals surface area contributed by atoms with Gasteiger partial charge in [-0.1, -0.05) is 12.1 Å². The van der Waals surface area contributed by atoms with Gasteiger partial charge in [0.2, 0.25) is 15.8 Å². The standard InChI is InChI=1S/C43H49N5O10S/c1-45-14-12-26-20-34(53-3)37-23-30(26)32(45)18-25-8-10-29(11-9-25)57-36-22-28(19-33-39-27(13-15-46(33)2)21-38(55-5)40(56-6)41(39)58-37)31(24-35(36)54-4)44-42(49)47-16-17-48(43(47)50)59(7,51)52/h8-11,20-24,32-33H,12-19H2,1-7H3,(H,44,49)/t32-,33-/m0/s1. The van der Waals surface area contributed by atoms with Gasteiger partial charge in [0.25, 0.3) is 0 Å². The van der Waals surface area contributed by atoms with Gasteiger partial charge in [0.05, 0.1) is 47.8 Å². The lowest BCUT2D eigenvalue weighted by Gasteiger charge is -2.37. The monoisotopic (exact) mass is 827 g/mol. The van der Waals surface area contributed by atoms with Crippen LogP contribution in [-0.2, 0) is 35.7 Å². The number of sulfonamides is 1. The Labute approximate surface area is 344 Å². The number of hydrogen-bond acceptors (Lipinski definition) is 12. The van der Waals surface area contributed by atoms with Crippen LogP contribution in [0.3, 0.4) is 0 Å². The number of anilines is 1. The maximum absolute atomic E-state index is 13.8. The summed E-state index contributed by atoms with van der Waals surface area (Å²) < 4.78 is 62.7. The fourth-order valence-electron chi connectivity index (χ4n) is 8.65. The molecule has 5 aliphatic rings. The first kappa shape index (κ1) is 40.1. The molecule has 4 amide bonds. The van der Waals surface area contributed by atoms with Crippen LogP contribution in [0.2, 0.25) is 0 Å². The molecule has 0 aliphatic carbocycles. The topological polar surface area (TPSA) is 149 Å². The molecule has 0 unspecified atom stereocenters. The Morgan fingerprint density at radius 3 is 2.03 bits per heavy atom. The zero-order valence-corrected chi connectivity index (χ0v) is 35.1. The molecule has 16 heteroatoms. The summed E-state index contributed by atoms with van der Waals surface area (Å²) in [4.78, 5) is 32.4. The Kier molecular flexibility index (Phi) is 10.7. The number of likely N-dealkylation sites (N-methyl/N-ethyl adjacent to an activating group) is 2. The highest BCUT2D eigenvalue weighted by Gasteiger charge is 2.39. The van der Waals surface area contributed by atoms with E-state index in [0.29, 0.717) is 80.9 Å². The summed E-state index contributed by atoms with van der Waals surface area (Å²) in [5, 5.41) is 2.90. The molecule has 1 N–H and O–H groups in total. The molecular weight excluding hydrogens is 779 g/mol. The molecule has 0 radical (unpaired) electrons. The van der Waals surface area contributed by atoms with E-state index in [0.717, 1.165) is 52.8 Å².